The van der Waals surface area contributed by atoms with Crippen LogP contribution in [0.4, 0.5) is 0 Å². The van der Waals surface area contributed by atoms with E-state index in [1.165, 1.54) is 0 Å². The van der Waals surface area contributed by atoms with Gasteiger partial charge in [0, 0.05) is 19.5 Å². The molecule has 0 radical (unpaired) electrons. The fraction of sp³-hybridized carbons (Fsp3) is 0.375. The summed E-state index contributed by atoms with van der Waals surface area (Å²) in [5.41, 5.74) is 1.80. The number of amides is 1. The van der Waals surface area contributed by atoms with E-state index in [0.717, 1.165) is 16.6 Å². The van der Waals surface area contributed by atoms with E-state index in [0.29, 0.717) is 19.8 Å². The van der Waals surface area contributed by atoms with Gasteiger partial charge in [0.1, 0.15) is 6.61 Å². The minimum Gasteiger partial charge on any atom is -0.382 e. The molecule has 21 heavy (non-hydrogen) atoms. The second-order valence-corrected chi connectivity index (χ2v) is 4.79. The maximum atomic E-state index is 11.9. The zero-order chi connectivity index (χ0) is 15.1. The van der Waals surface area contributed by atoms with Gasteiger partial charge in [0.25, 0.3) is 0 Å². The Bertz CT molecular complexity index is 601. The molecule has 0 aliphatic heterocycles. The lowest BCUT2D eigenvalue weighted by molar-refractivity contribution is -0.135. The number of pyridine rings is 1. The van der Waals surface area contributed by atoms with E-state index >= 15 is 0 Å². The standard InChI is InChI=1S/C16H20N2O3/c1-18(16(19)12-21-10-9-20-2)11-14-8-7-13-5-3-4-6-15(13)17-14/h3-8H,9-12H2,1-2H3. The SMILES string of the molecule is COCCOCC(=O)N(C)Cc1ccc2ccccc2n1. The van der Waals surface area contributed by atoms with E-state index in [1.54, 1.807) is 19.1 Å². The number of hydrogen-bond acceptors (Lipinski definition) is 4. The van der Waals surface area contributed by atoms with E-state index in [1.807, 2.05) is 36.4 Å². The number of rotatable bonds is 7. The molecule has 5 nitrogen and oxygen atoms in total. The summed E-state index contributed by atoms with van der Waals surface area (Å²) in [6.07, 6.45) is 0. The molecule has 0 aliphatic rings. The van der Waals surface area contributed by atoms with Gasteiger partial charge in [-0.15, -0.1) is 0 Å². The third kappa shape index (κ3) is 4.51. The van der Waals surface area contributed by atoms with Crippen molar-refractivity contribution in [3.05, 3.63) is 42.1 Å². The molecule has 0 saturated carbocycles. The van der Waals surface area contributed by atoms with Gasteiger partial charge in [0.2, 0.25) is 5.91 Å². The molecule has 1 aromatic carbocycles. The Hall–Kier alpha value is -1.98. The maximum absolute atomic E-state index is 11.9. The van der Waals surface area contributed by atoms with Crippen molar-refractivity contribution in [1.82, 2.24) is 9.88 Å². The van der Waals surface area contributed by atoms with Gasteiger partial charge in [-0.2, -0.15) is 0 Å². The zero-order valence-corrected chi connectivity index (χ0v) is 12.4. The first-order chi connectivity index (χ1) is 10.2. The molecule has 0 aliphatic carbocycles. The summed E-state index contributed by atoms with van der Waals surface area (Å²) in [5.74, 6) is -0.0685. The summed E-state index contributed by atoms with van der Waals surface area (Å²) in [6.45, 7) is 1.44. The normalized spacial score (nSPS) is 10.8. The Morgan fingerprint density at radius 3 is 2.81 bits per heavy atom. The molecule has 2 aromatic rings. The number of hydrogen-bond donors (Lipinski definition) is 0. The first-order valence-electron chi connectivity index (χ1n) is 6.86. The highest BCUT2D eigenvalue weighted by Crippen LogP contribution is 2.12. The highest BCUT2D eigenvalue weighted by atomic mass is 16.5. The van der Waals surface area contributed by atoms with Crippen LogP contribution in [-0.4, -0.2) is 49.8 Å². The van der Waals surface area contributed by atoms with Crippen molar-refractivity contribution in [3.63, 3.8) is 0 Å². The number of nitrogens with zero attached hydrogens (tertiary/aromatic N) is 2. The molecular weight excluding hydrogens is 268 g/mol. The van der Waals surface area contributed by atoms with Crippen LogP contribution in [-0.2, 0) is 20.8 Å². The van der Waals surface area contributed by atoms with Crippen molar-refractivity contribution >= 4 is 16.8 Å². The van der Waals surface area contributed by atoms with Crippen molar-refractivity contribution in [2.24, 2.45) is 0 Å². The Kier molecular flexibility index (Phi) is 5.66. The Balaban J connectivity index is 1.91. The third-order valence-corrected chi connectivity index (χ3v) is 3.14. The van der Waals surface area contributed by atoms with Crippen molar-refractivity contribution in [2.45, 2.75) is 6.54 Å². The molecule has 1 amide bonds. The van der Waals surface area contributed by atoms with Crippen LogP contribution in [0.25, 0.3) is 10.9 Å². The highest BCUT2D eigenvalue weighted by molar-refractivity contribution is 5.79. The summed E-state index contributed by atoms with van der Waals surface area (Å²) in [7, 11) is 3.35. The minimum atomic E-state index is -0.0685. The number of para-hydroxylation sites is 1. The second kappa shape index (κ2) is 7.71. The number of aromatic nitrogens is 1. The summed E-state index contributed by atoms with van der Waals surface area (Å²) in [6, 6.07) is 11.9. The Labute approximate surface area is 124 Å². The smallest absolute Gasteiger partial charge is 0.248 e. The first kappa shape index (κ1) is 15.4. The number of likely N-dealkylation sites (N-methyl/N-ethyl adjacent to an activating group) is 1. The summed E-state index contributed by atoms with van der Waals surface area (Å²) in [4.78, 5) is 18.1. The van der Waals surface area contributed by atoms with Gasteiger partial charge >= 0.3 is 0 Å². The molecule has 5 heteroatoms. The van der Waals surface area contributed by atoms with E-state index in [-0.39, 0.29) is 12.5 Å². The van der Waals surface area contributed by atoms with Gasteiger partial charge in [0.15, 0.2) is 0 Å². The lowest BCUT2D eigenvalue weighted by Gasteiger charge is -2.17. The largest absolute Gasteiger partial charge is 0.382 e. The van der Waals surface area contributed by atoms with E-state index in [2.05, 4.69) is 4.98 Å². The third-order valence-electron chi connectivity index (χ3n) is 3.14. The number of methoxy groups -OCH3 is 1. The average Bonchev–Trinajstić information content (AvgIpc) is 2.51. The molecule has 0 atom stereocenters. The number of fused-ring (bicyclic) bond motifs is 1. The van der Waals surface area contributed by atoms with Gasteiger partial charge in [0.05, 0.1) is 31.0 Å². The summed E-state index contributed by atoms with van der Waals surface area (Å²) < 4.78 is 10.1. The van der Waals surface area contributed by atoms with E-state index in [4.69, 9.17) is 9.47 Å². The van der Waals surface area contributed by atoms with E-state index in [9.17, 15) is 4.79 Å². The topological polar surface area (TPSA) is 51.7 Å². The van der Waals surface area contributed by atoms with E-state index < -0.39 is 0 Å². The van der Waals surface area contributed by atoms with Crippen molar-refractivity contribution in [2.75, 3.05) is 34.0 Å². The molecular formula is C16H20N2O3. The molecule has 0 spiro atoms. The van der Waals surface area contributed by atoms with Gasteiger partial charge in [-0.05, 0) is 12.1 Å². The second-order valence-electron chi connectivity index (χ2n) is 4.79. The van der Waals surface area contributed by atoms with Gasteiger partial charge in [-0.3, -0.25) is 9.78 Å². The Morgan fingerprint density at radius 1 is 1.19 bits per heavy atom. The molecule has 1 heterocycles. The van der Waals surface area contributed by atoms with Crippen LogP contribution in [0.3, 0.4) is 0 Å². The van der Waals surface area contributed by atoms with Crippen LogP contribution in [0, 0.1) is 0 Å². The summed E-state index contributed by atoms with van der Waals surface area (Å²) in [5, 5.41) is 1.10. The predicted molar refractivity (Wildman–Crippen MR) is 80.9 cm³/mol. The number of carbonyl (C=O) groups is 1. The van der Waals surface area contributed by atoms with Crippen LogP contribution in [0.15, 0.2) is 36.4 Å². The molecule has 0 fully saturated rings. The predicted octanol–water partition coefficient (Wildman–Crippen LogP) is 1.86. The fourth-order valence-electron chi connectivity index (χ4n) is 1.94. The van der Waals surface area contributed by atoms with Crippen molar-refractivity contribution in [1.29, 1.82) is 0 Å². The lowest BCUT2D eigenvalue weighted by Crippen LogP contribution is -2.30. The average molecular weight is 288 g/mol. The molecule has 0 bridgehead atoms. The van der Waals surface area contributed by atoms with Crippen LogP contribution >= 0.6 is 0 Å². The van der Waals surface area contributed by atoms with Gasteiger partial charge < -0.3 is 14.4 Å². The number of benzene rings is 1. The van der Waals surface area contributed by atoms with Crippen molar-refractivity contribution in [3.8, 4) is 0 Å². The molecule has 0 unspecified atom stereocenters. The number of carbonyl (C=O) groups excluding carboxylic acids is 1. The molecule has 112 valence electrons. The van der Waals surface area contributed by atoms with Crippen LogP contribution in [0.5, 0.6) is 0 Å². The fourth-order valence-corrected chi connectivity index (χ4v) is 1.94. The summed E-state index contributed by atoms with van der Waals surface area (Å²) >= 11 is 0. The van der Waals surface area contributed by atoms with Gasteiger partial charge in [-0.25, -0.2) is 0 Å². The first-order valence-corrected chi connectivity index (χ1v) is 6.86. The van der Waals surface area contributed by atoms with Crippen LogP contribution in [0.2, 0.25) is 0 Å². The van der Waals surface area contributed by atoms with Crippen LogP contribution < -0.4 is 0 Å². The van der Waals surface area contributed by atoms with Crippen molar-refractivity contribution < 1.29 is 14.3 Å². The maximum Gasteiger partial charge on any atom is 0.248 e. The van der Waals surface area contributed by atoms with Crippen LogP contribution in [0.1, 0.15) is 5.69 Å². The lowest BCUT2D eigenvalue weighted by atomic mass is 10.2. The molecule has 1 aromatic heterocycles. The Morgan fingerprint density at radius 2 is 2.00 bits per heavy atom. The quantitative estimate of drug-likeness (QED) is 0.730. The van der Waals surface area contributed by atoms with Gasteiger partial charge in [-0.1, -0.05) is 24.3 Å². The minimum absolute atomic E-state index is 0.0629. The number of ether oxygens (including phenoxy) is 2. The molecule has 2 rings (SSSR count). The molecule has 0 saturated heterocycles. The highest BCUT2D eigenvalue weighted by Gasteiger charge is 2.10. The zero-order valence-electron chi connectivity index (χ0n) is 12.4. The monoisotopic (exact) mass is 288 g/mol. The molecule has 0 N–H and O–H groups in total.